The summed E-state index contributed by atoms with van der Waals surface area (Å²) in [7, 11) is 0. The van der Waals surface area contributed by atoms with E-state index in [1.165, 1.54) is 11.3 Å². The van der Waals surface area contributed by atoms with Gasteiger partial charge in [0.1, 0.15) is 0 Å². The standard InChI is InChI=1S/C9H7NS/c1-2-4-8(5-3-1)9-6-11-7-10-9/h1-7H/i4D,5D. The van der Waals surface area contributed by atoms with Gasteiger partial charge < -0.3 is 0 Å². The molecule has 2 aromatic rings. The fourth-order valence-corrected chi connectivity index (χ4v) is 1.38. The van der Waals surface area contributed by atoms with Gasteiger partial charge in [0, 0.05) is 10.9 Å². The van der Waals surface area contributed by atoms with Gasteiger partial charge in [0.15, 0.2) is 0 Å². The van der Waals surface area contributed by atoms with Crippen LogP contribution in [0, 0.1) is 0 Å². The first-order valence-corrected chi connectivity index (χ1v) is 4.18. The van der Waals surface area contributed by atoms with Crippen molar-refractivity contribution in [1.29, 1.82) is 0 Å². The fourth-order valence-electron chi connectivity index (χ4n) is 0.837. The molecule has 1 heterocycles. The Morgan fingerprint density at radius 1 is 1.27 bits per heavy atom. The summed E-state index contributed by atoms with van der Waals surface area (Å²) < 4.78 is 15.3. The summed E-state index contributed by atoms with van der Waals surface area (Å²) in [5.74, 6) is 0. The largest absolute Gasteiger partial charge is 0.245 e. The summed E-state index contributed by atoms with van der Waals surface area (Å²) in [6.45, 7) is 0. The van der Waals surface area contributed by atoms with Crippen LogP contribution in [0.4, 0.5) is 0 Å². The molecule has 11 heavy (non-hydrogen) atoms. The number of hydrogen-bond acceptors (Lipinski definition) is 2. The second-order valence-electron chi connectivity index (χ2n) is 2.06. The predicted octanol–water partition coefficient (Wildman–Crippen LogP) is 2.81. The average molecular weight is 163 g/mol. The highest BCUT2D eigenvalue weighted by atomic mass is 32.1. The van der Waals surface area contributed by atoms with Gasteiger partial charge >= 0.3 is 0 Å². The normalized spacial score (nSPS) is 12.4. The zero-order valence-electron chi connectivity index (χ0n) is 7.74. The summed E-state index contributed by atoms with van der Waals surface area (Å²) in [6, 6.07) is 5.77. The van der Waals surface area contributed by atoms with Crippen molar-refractivity contribution in [3.8, 4) is 11.3 Å². The van der Waals surface area contributed by atoms with E-state index < -0.39 is 0 Å². The molecule has 1 nitrogen and oxygen atoms in total. The van der Waals surface area contributed by atoms with Crippen LogP contribution >= 0.6 is 11.3 Å². The summed E-state index contributed by atoms with van der Waals surface area (Å²) >= 11 is 1.47. The number of nitrogens with zero attached hydrogens (tertiary/aromatic N) is 1. The lowest BCUT2D eigenvalue weighted by molar-refractivity contribution is 1.41. The summed E-state index contributed by atoms with van der Waals surface area (Å²) in [4.78, 5) is 4.09. The van der Waals surface area contributed by atoms with Crippen LogP contribution in [-0.2, 0) is 0 Å². The molecule has 0 unspecified atom stereocenters. The molecule has 1 aromatic heterocycles. The Labute approximate surface area is 72.2 Å². The average Bonchev–Trinajstić information content (AvgIpc) is 2.57. The number of thiazole rings is 1. The molecule has 0 saturated heterocycles. The smallest absolute Gasteiger partial charge is 0.0811 e. The van der Waals surface area contributed by atoms with E-state index in [1.54, 1.807) is 23.7 Å². The van der Waals surface area contributed by atoms with Gasteiger partial charge in [-0.1, -0.05) is 30.3 Å². The van der Waals surface area contributed by atoms with Crippen molar-refractivity contribution in [3.05, 3.63) is 41.2 Å². The van der Waals surface area contributed by atoms with Crippen molar-refractivity contribution in [3.63, 3.8) is 0 Å². The quantitative estimate of drug-likeness (QED) is 0.630. The molecular formula is C9H7NS. The Hall–Kier alpha value is -1.15. The van der Waals surface area contributed by atoms with E-state index in [0.717, 1.165) is 5.69 Å². The van der Waals surface area contributed by atoms with Gasteiger partial charge in [-0.15, -0.1) is 11.3 Å². The van der Waals surface area contributed by atoms with E-state index in [1.807, 2.05) is 5.38 Å². The van der Waals surface area contributed by atoms with Crippen molar-refractivity contribution in [2.75, 3.05) is 0 Å². The van der Waals surface area contributed by atoms with E-state index in [0.29, 0.717) is 17.6 Å². The monoisotopic (exact) mass is 163 g/mol. The van der Waals surface area contributed by atoms with Gasteiger partial charge in [-0.3, -0.25) is 0 Å². The van der Waals surface area contributed by atoms with Crippen molar-refractivity contribution >= 4 is 11.3 Å². The second kappa shape index (κ2) is 2.84. The van der Waals surface area contributed by atoms with Gasteiger partial charge in [-0.2, -0.15) is 0 Å². The first-order valence-electron chi connectivity index (χ1n) is 4.24. The third-order valence-corrected chi connectivity index (χ3v) is 1.92. The lowest BCUT2D eigenvalue weighted by atomic mass is 10.2. The molecule has 0 aliphatic carbocycles. The molecule has 54 valence electrons. The SMILES string of the molecule is [2H]c1cccc([2H])c1-c1cscn1. The van der Waals surface area contributed by atoms with Gasteiger partial charge in [0.25, 0.3) is 0 Å². The maximum Gasteiger partial charge on any atom is 0.0811 e. The molecule has 2 heteroatoms. The molecule has 0 aliphatic heterocycles. The first-order chi connectivity index (χ1) is 6.29. The predicted molar refractivity (Wildman–Crippen MR) is 47.6 cm³/mol. The molecule has 0 N–H and O–H groups in total. The van der Waals surface area contributed by atoms with Crippen molar-refractivity contribution in [2.24, 2.45) is 0 Å². The summed E-state index contributed by atoms with van der Waals surface area (Å²) in [5.41, 5.74) is 3.05. The molecule has 0 radical (unpaired) electrons. The Balaban J connectivity index is 2.64. The molecule has 0 saturated carbocycles. The molecule has 0 fully saturated rings. The maximum atomic E-state index is 7.63. The van der Waals surface area contributed by atoms with E-state index in [4.69, 9.17) is 2.74 Å². The first kappa shape index (κ1) is 4.67. The minimum absolute atomic E-state index is 0.360. The molecule has 2 rings (SSSR count). The number of hydrogen-bond donors (Lipinski definition) is 0. The summed E-state index contributed by atoms with van der Waals surface area (Å²) in [6.07, 6.45) is 0. The third-order valence-electron chi connectivity index (χ3n) is 1.34. The van der Waals surface area contributed by atoms with Crippen molar-refractivity contribution in [2.45, 2.75) is 0 Å². The van der Waals surface area contributed by atoms with E-state index in [2.05, 4.69) is 4.98 Å². The van der Waals surface area contributed by atoms with Crippen LogP contribution in [0.15, 0.2) is 41.2 Å². The Kier molecular flexibility index (Phi) is 1.21. The van der Waals surface area contributed by atoms with E-state index in [-0.39, 0.29) is 0 Å². The lowest BCUT2D eigenvalue weighted by Gasteiger charge is -1.92. The van der Waals surface area contributed by atoms with Crippen LogP contribution in [0.1, 0.15) is 2.74 Å². The Morgan fingerprint density at radius 2 is 2.09 bits per heavy atom. The van der Waals surface area contributed by atoms with Crippen LogP contribution in [0.5, 0.6) is 0 Å². The van der Waals surface area contributed by atoms with Crippen LogP contribution in [0.2, 0.25) is 0 Å². The lowest BCUT2D eigenvalue weighted by Crippen LogP contribution is -1.73. The van der Waals surface area contributed by atoms with Crippen molar-refractivity contribution < 1.29 is 2.74 Å². The topological polar surface area (TPSA) is 12.9 Å². The number of benzene rings is 1. The van der Waals surface area contributed by atoms with Crippen LogP contribution in [0.3, 0.4) is 0 Å². The van der Waals surface area contributed by atoms with Crippen molar-refractivity contribution in [1.82, 2.24) is 4.98 Å². The molecule has 0 bridgehead atoms. The van der Waals surface area contributed by atoms with E-state index >= 15 is 0 Å². The van der Waals surface area contributed by atoms with Crippen LogP contribution in [0.25, 0.3) is 11.3 Å². The highest BCUT2D eigenvalue weighted by Gasteiger charge is 1.95. The van der Waals surface area contributed by atoms with E-state index in [9.17, 15) is 0 Å². The third kappa shape index (κ3) is 1.30. The van der Waals surface area contributed by atoms with Gasteiger partial charge in [0.05, 0.1) is 13.9 Å². The minimum Gasteiger partial charge on any atom is -0.245 e. The Morgan fingerprint density at radius 3 is 2.73 bits per heavy atom. The second-order valence-corrected chi connectivity index (χ2v) is 2.78. The van der Waals surface area contributed by atoms with Crippen LogP contribution < -0.4 is 0 Å². The highest BCUT2D eigenvalue weighted by molar-refractivity contribution is 7.07. The van der Waals surface area contributed by atoms with Gasteiger partial charge in [0.2, 0.25) is 0 Å². The maximum absolute atomic E-state index is 7.63. The van der Waals surface area contributed by atoms with Crippen LogP contribution in [-0.4, -0.2) is 4.98 Å². The number of rotatable bonds is 1. The molecular weight excluding hydrogens is 154 g/mol. The number of aromatic nitrogens is 1. The summed E-state index contributed by atoms with van der Waals surface area (Å²) in [5, 5.41) is 1.85. The zero-order valence-corrected chi connectivity index (χ0v) is 6.56. The van der Waals surface area contributed by atoms with Gasteiger partial charge in [-0.05, 0) is 0 Å². The molecule has 1 aromatic carbocycles. The Bertz CT molecular complexity index is 391. The van der Waals surface area contributed by atoms with Gasteiger partial charge in [-0.25, -0.2) is 4.98 Å². The highest BCUT2D eigenvalue weighted by Crippen LogP contribution is 2.17. The zero-order chi connectivity index (χ0) is 9.26. The molecule has 0 amide bonds. The molecule has 0 atom stereocenters. The minimum atomic E-state index is 0.360. The fraction of sp³-hybridized carbons (Fsp3) is 0. The molecule has 0 aliphatic rings. The molecule has 0 spiro atoms.